The molecule has 0 saturated carbocycles. The third kappa shape index (κ3) is 3.06. The SMILES string of the molecule is Cc1ccc(NC(=O)c2cc(S)ccc2Cl)cc1. The molecule has 0 radical (unpaired) electrons. The quantitative estimate of drug-likeness (QED) is 0.792. The number of anilines is 1. The molecule has 0 bridgehead atoms. The van der Waals surface area contributed by atoms with E-state index in [4.69, 9.17) is 11.6 Å². The summed E-state index contributed by atoms with van der Waals surface area (Å²) in [6.45, 7) is 1.99. The van der Waals surface area contributed by atoms with Gasteiger partial charge in [0.2, 0.25) is 0 Å². The first kappa shape index (κ1) is 13.0. The molecule has 2 aromatic rings. The molecule has 0 aromatic heterocycles. The molecule has 0 fully saturated rings. The van der Waals surface area contributed by atoms with Crippen LogP contribution < -0.4 is 5.32 Å². The molecule has 2 nitrogen and oxygen atoms in total. The van der Waals surface area contributed by atoms with Gasteiger partial charge in [0, 0.05) is 10.6 Å². The molecule has 1 amide bonds. The van der Waals surface area contributed by atoms with Crippen LogP contribution in [0.3, 0.4) is 0 Å². The van der Waals surface area contributed by atoms with E-state index in [1.54, 1.807) is 18.2 Å². The Hall–Kier alpha value is -1.45. The molecule has 0 aliphatic carbocycles. The summed E-state index contributed by atoms with van der Waals surface area (Å²) in [5, 5.41) is 3.21. The Kier molecular flexibility index (Phi) is 3.94. The zero-order valence-electron chi connectivity index (χ0n) is 9.77. The van der Waals surface area contributed by atoms with Crippen molar-refractivity contribution in [3.05, 3.63) is 58.6 Å². The second kappa shape index (κ2) is 5.46. The first-order chi connectivity index (χ1) is 8.56. The molecule has 1 N–H and O–H groups in total. The number of halogens is 1. The summed E-state index contributed by atoms with van der Waals surface area (Å²) in [5.74, 6) is -0.236. The Bertz CT molecular complexity index is 581. The van der Waals surface area contributed by atoms with Gasteiger partial charge in [-0.3, -0.25) is 4.79 Å². The Morgan fingerprint density at radius 3 is 2.50 bits per heavy atom. The average molecular weight is 278 g/mol. The number of benzene rings is 2. The predicted molar refractivity (Wildman–Crippen MR) is 77.8 cm³/mol. The van der Waals surface area contributed by atoms with E-state index in [1.807, 2.05) is 31.2 Å². The van der Waals surface area contributed by atoms with E-state index in [2.05, 4.69) is 17.9 Å². The van der Waals surface area contributed by atoms with Crippen LogP contribution >= 0.6 is 24.2 Å². The maximum absolute atomic E-state index is 12.0. The topological polar surface area (TPSA) is 29.1 Å². The number of rotatable bonds is 2. The molecule has 0 aliphatic heterocycles. The van der Waals surface area contributed by atoms with Crippen molar-refractivity contribution in [2.45, 2.75) is 11.8 Å². The lowest BCUT2D eigenvalue weighted by Gasteiger charge is -2.07. The maximum Gasteiger partial charge on any atom is 0.257 e. The van der Waals surface area contributed by atoms with Crippen LogP contribution in [0.25, 0.3) is 0 Å². The van der Waals surface area contributed by atoms with Gasteiger partial charge in [-0.2, -0.15) is 0 Å². The third-order valence-corrected chi connectivity index (χ3v) is 3.11. The summed E-state index contributed by atoms with van der Waals surface area (Å²) in [5.41, 5.74) is 2.30. The van der Waals surface area contributed by atoms with E-state index in [0.717, 1.165) is 11.3 Å². The molecule has 4 heteroatoms. The summed E-state index contributed by atoms with van der Waals surface area (Å²) >= 11 is 10.2. The molecule has 0 aliphatic rings. The number of carbonyl (C=O) groups is 1. The lowest BCUT2D eigenvalue weighted by Crippen LogP contribution is -2.12. The highest BCUT2D eigenvalue weighted by Crippen LogP contribution is 2.21. The lowest BCUT2D eigenvalue weighted by atomic mass is 10.2. The standard InChI is InChI=1S/C14H12ClNOS/c1-9-2-4-10(5-3-9)16-14(17)12-8-11(18)6-7-13(12)15/h2-8,18H,1H3,(H,16,17). The number of hydrogen-bond acceptors (Lipinski definition) is 2. The largest absolute Gasteiger partial charge is 0.322 e. The Morgan fingerprint density at radius 1 is 1.17 bits per heavy atom. The molecule has 0 unspecified atom stereocenters. The van der Waals surface area contributed by atoms with Gasteiger partial charge in [-0.1, -0.05) is 29.3 Å². The Morgan fingerprint density at radius 2 is 1.83 bits per heavy atom. The predicted octanol–water partition coefficient (Wildman–Crippen LogP) is 4.19. The first-order valence-electron chi connectivity index (χ1n) is 5.43. The highest BCUT2D eigenvalue weighted by molar-refractivity contribution is 7.80. The Balaban J connectivity index is 2.21. The van der Waals surface area contributed by atoms with E-state index < -0.39 is 0 Å². The van der Waals surface area contributed by atoms with Crippen molar-refractivity contribution < 1.29 is 4.79 Å². The summed E-state index contributed by atoms with van der Waals surface area (Å²) in [4.78, 5) is 12.7. The van der Waals surface area contributed by atoms with Crippen molar-refractivity contribution in [3.8, 4) is 0 Å². The molecule has 18 heavy (non-hydrogen) atoms. The normalized spacial score (nSPS) is 10.2. The average Bonchev–Trinajstić information content (AvgIpc) is 2.35. The Labute approximate surface area is 116 Å². The van der Waals surface area contributed by atoms with Crippen LogP contribution in [0.4, 0.5) is 5.69 Å². The van der Waals surface area contributed by atoms with Crippen molar-refractivity contribution in [1.82, 2.24) is 0 Å². The summed E-state index contributed by atoms with van der Waals surface area (Å²) in [7, 11) is 0. The van der Waals surface area contributed by atoms with Crippen LogP contribution in [0.15, 0.2) is 47.4 Å². The molecule has 0 saturated heterocycles. The second-order valence-electron chi connectivity index (χ2n) is 3.98. The second-order valence-corrected chi connectivity index (χ2v) is 4.91. The van der Waals surface area contributed by atoms with Crippen molar-refractivity contribution in [2.24, 2.45) is 0 Å². The van der Waals surface area contributed by atoms with Gasteiger partial charge in [-0.15, -0.1) is 12.6 Å². The number of amides is 1. The van der Waals surface area contributed by atoms with Crippen molar-refractivity contribution >= 4 is 35.8 Å². The number of nitrogens with one attached hydrogen (secondary N) is 1. The van der Waals surface area contributed by atoms with E-state index in [-0.39, 0.29) is 5.91 Å². The van der Waals surface area contributed by atoms with Gasteiger partial charge in [0.1, 0.15) is 0 Å². The fraction of sp³-hybridized carbons (Fsp3) is 0.0714. The zero-order valence-corrected chi connectivity index (χ0v) is 11.4. The molecular formula is C14H12ClNOS. The fourth-order valence-corrected chi connectivity index (χ4v) is 1.93. The molecule has 92 valence electrons. The van der Waals surface area contributed by atoms with Crippen molar-refractivity contribution in [1.29, 1.82) is 0 Å². The molecule has 0 heterocycles. The number of thiol groups is 1. The van der Waals surface area contributed by atoms with E-state index >= 15 is 0 Å². The smallest absolute Gasteiger partial charge is 0.257 e. The van der Waals surface area contributed by atoms with Gasteiger partial charge < -0.3 is 5.32 Å². The van der Waals surface area contributed by atoms with Crippen molar-refractivity contribution in [3.63, 3.8) is 0 Å². The number of carbonyl (C=O) groups excluding carboxylic acids is 1. The monoisotopic (exact) mass is 277 g/mol. The number of hydrogen-bond donors (Lipinski definition) is 2. The molecule has 2 aromatic carbocycles. The van der Waals surface area contributed by atoms with Crippen molar-refractivity contribution in [2.75, 3.05) is 5.32 Å². The first-order valence-corrected chi connectivity index (χ1v) is 6.25. The molecular weight excluding hydrogens is 266 g/mol. The summed E-state index contributed by atoms with van der Waals surface area (Å²) in [6, 6.07) is 12.6. The van der Waals surface area contributed by atoms with Crippen LogP contribution in [-0.4, -0.2) is 5.91 Å². The van der Waals surface area contributed by atoms with Gasteiger partial charge in [-0.05, 0) is 37.3 Å². The minimum atomic E-state index is -0.236. The summed E-state index contributed by atoms with van der Waals surface area (Å²) in [6.07, 6.45) is 0. The molecule has 0 atom stereocenters. The number of aryl methyl sites for hydroxylation is 1. The minimum Gasteiger partial charge on any atom is -0.322 e. The van der Waals surface area contributed by atoms with E-state index in [1.165, 1.54) is 0 Å². The van der Waals surface area contributed by atoms with Gasteiger partial charge in [0.25, 0.3) is 5.91 Å². The van der Waals surface area contributed by atoms with Crippen LogP contribution in [0.1, 0.15) is 15.9 Å². The third-order valence-electron chi connectivity index (χ3n) is 2.50. The van der Waals surface area contributed by atoms with Crippen LogP contribution in [0, 0.1) is 6.92 Å². The summed E-state index contributed by atoms with van der Waals surface area (Å²) < 4.78 is 0. The minimum absolute atomic E-state index is 0.236. The van der Waals surface area contributed by atoms with E-state index in [0.29, 0.717) is 15.5 Å². The van der Waals surface area contributed by atoms with Crippen LogP contribution in [0.5, 0.6) is 0 Å². The zero-order chi connectivity index (χ0) is 13.1. The van der Waals surface area contributed by atoms with Gasteiger partial charge in [-0.25, -0.2) is 0 Å². The maximum atomic E-state index is 12.0. The lowest BCUT2D eigenvalue weighted by molar-refractivity contribution is 0.102. The fourth-order valence-electron chi connectivity index (χ4n) is 1.52. The van der Waals surface area contributed by atoms with Gasteiger partial charge in [0.15, 0.2) is 0 Å². The highest BCUT2D eigenvalue weighted by Gasteiger charge is 2.10. The van der Waals surface area contributed by atoms with Gasteiger partial charge >= 0.3 is 0 Å². The van der Waals surface area contributed by atoms with Gasteiger partial charge in [0.05, 0.1) is 10.6 Å². The van der Waals surface area contributed by atoms with Crippen LogP contribution in [0.2, 0.25) is 5.02 Å². The van der Waals surface area contributed by atoms with E-state index in [9.17, 15) is 4.79 Å². The highest BCUT2D eigenvalue weighted by atomic mass is 35.5. The van der Waals surface area contributed by atoms with Crippen LogP contribution in [-0.2, 0) is 0 Å². The molecule has 2 rings (SSSR count). The molecule has 0 spiro atoms.